The molecule has 3 amide bonds. The minimum Gasteiger partial charge on any atom is -0.369 e. The number of rotatable bonds is 6. The van der Waals surface area contributed by atoms with Crippen LogP contribution in [0.25, 0.3) is 0 Å². The summed E-state index contributed by atoms with van der Waals surface area (Å²) in [4.78, 5) is 39.6. The van der Waals surface area contributed by atoms with Crippen molar-refractivity contribution in [2.24, 2.45) is 17.6 Å². The molecular weight excluding hydrogens is 320 g/mol. The number of carbonyl (C=O) groups excluding carboxylic acids is 3. The molecule has 0 aromatic rings. The van der Waals surface area contributed by atoms with E-state index in [0.717, 1.165) is 38.9 Å². The molecule has 0 spiro atoms. The highest BCUT2D eigenvalue weighted by Crippen LogP contribution is 2.25. The monoisotopic (exact) mass is 352 g/mol. The van der Waals surface area contributed by atoms with Gasteiger partial charge in [-0.25, -0.2) is 0 Å². The first-order valence-corrected chi connectivity index (χ1v) is 9.28. The van der Waals surface area contributed by atoms with E-state index in [4.69, 9.17) is 5.73 Å². The van der Waals surface area contributed by atoms with Crippen LogP contribution in [0.1, 0.15) is 46.5 Å². The number of likely N-dealkylation sites (tertiary alicyclic amines) is 2. The lowest BCUT2D eigenvalue weighted by molar-refractivity contribution is -0.132. The molecule has 2 fully saturated rings. The maximum Gasteiger partial charge on any atom is 0.225 e. The number of nitrogens with one attached hydrogen (secondary N) is 1. The van der Waals surface area contributed by atoms with Gasteiger partial charge in [-0.2, -0.15) is 0 Å². The number of nitrogens with two attached hydrogens (primary N) is 1. The Morgan fingerprint density at radius 3 is 2.36 bits per heavy atom. The molecule has 7 nitrogen and oxygen atoms in total. The first-order valence-electron chi connectivity index (χ1n) is 9.28. The quantitative estimate of drug-likeness (QED) is 0.674. The lowest BCUT2D eigenvalue weighted by Gasteiger charge is -2.32. The molecule has 2 rings (SSSR count). The first-order chi connectivity index (χ1) is 11.7. The van der Waals surface area contributed by atoms with Crippen LogP contribution in [0.4, 0.5) is 0 Å². The summed E-state index contributed by atoms with van der Waals surface area (Å²) < 4.78 is 0. The van der Waals surface area contributed by atoms with E-state index < -0.39 is 0 Å². The van der Waals surface area contributed by atoms with E-state index in [2.05, 4.69) is 10.2 Å². The zero-order valence-corrected chi connectivity index (χ0v) is 15.7. The number of amides is 3. The molecule has 25 heavy (non-hydrogen) atoms. The van der Waals surface area contributed by atoms with Gasteiger partial charge in [0.2, 0.25) is 17.7 Å². The second-order valence-electron chi connectivity index (χ2n) is 8.24. The molecule has 2 aliphatic rings. The van der Waals surface area contributed by atoms with Gasteiger partial charge in [-0.05, 0) is 59.7 Å². The van der Waals surface area contributed by atoms with Gasteiger partial charge in [-0.3, -0.25) is 14.4 Å². The maximum atomic E-state index is 12.3. The van der Waals surface area contributed by atoms with Crippen LogP contribution in [0.3, 0.4) is 0 Å². The second kappa shape index (κ2) is 8.17. The summed E-state index contributed by atoms with van der Waals surface area (Å²) in [6, 6.07) is 0. The highest BCUT2D eigenvalue weighted by atomic mass is 16.2. The van der Waals surface area contributed by atoms with Crippen LogP contribution < -0.4 is 11.1 Å². The molecule has 2 heterocycles. The summed E-state index contributed by atoms with van der Waals surface area (Å²) in [6.45, 7) is 9.79. The summed E-state index contributed by atoms with van der Waals surface area (Å²) in [5.41, 5.74) is 5.11. The summed E-state index contributed by atoms with van der Waals surface area (Å²) >= 11 is 0. The van der Waals surface area contributed by atoms with Gasteiger partial charge >= 0.3 is 0 Å². The molecule has 0 radical (unpaired) electrons. The number of hydrogen-bond acceptors (Lipinski definition) is 4. The molecule has 0 aromatic carbocycles. The molecule has 0 bridgehead atoms. The Hall–Kier alpha value is -1.63. The molecule has 0 aliphatic carbocycles. The minimum atomic E-state index is -0.238. The minimum absolute atomic E-state index is 0.0154. The van der Waals surface area contributed by atoms with Gasteiger partial charge in [0.05, 0.1) is 5.92 Å². The SMILES string of the molecule is CC(C)(C)N1C[C@@H](C(=O)NCCCN2CCC(C(N)=O)CC2)CC1=O. The molecule has 3 N–H and O–H groups in total. The highest BCUT2D eigenvalue weighted by Gasteiger charge is 2.39. The van der Waals surface area contributed by atoms with Crippen LogP contribution in [-0.4, -0.2) is 65.8 Å². The average molecular weight is 352 g/mol. The van der Waals surface area contributed by atoms with Crippen molar-refractivity contribution in [3.63, 3.8) is 0 Å². The summed E-state index contributed by atoms with van der Waals surface area (Å²) in [6.07, 6.45) is 2.84. The molecule has 0 saturated carbocycles. The Morgan fingerprint density at radius 2 is 1.84 bits per heavy atom. The van der Waals surface area contributed by atoms with Gasteiger partial charge < -0.3 is 20.9 Å². The topological polar surface area (TPSA) is 95.7 Å². The van der Waals surface area contributed by atoms with Crippen LogP contribution >= 0.6 is 0 Å². The van der Waals surface area contributed by atoms with Gasteiger partial charge in [0.1, 0.15) is 0 Å². The van der Waals surface area contributed by atoms with Crippen molar-refractivity contribution in [2.45, 2.75) is 52.0 Å². The van der Waals surface area contributed by atoms with E-state index in [1.165, 1.54) is 0 Å². The van der Waals surface area contributed by atoms with Gasteiger partial charge in [-0.15, -0.1) is 0 Å². The Morgan fingerprint density at radius 1 is 1.20 bits per heavy atom. The van der Waals surface area contributed by atoms with Crippen molar-refractivity contribution in [3.05, 3.63) is 0 Å². The normalized spacial score (nSPS) is 23.1. The third kappa shape index (κ3) is 5.42. The molecule has 0 aromatic heterocycles. The van der Waals surface area contributed by atoms with Crippen molar-refractivity contribution in [2.75, 3.05) is 32.7 Å². The van der Waals surface area contributed by atoms with Crippen LogP contribution in [0.15, 0.2) is 0 Å². The van der Waals surface area contributed by atoms with Crippen LogP contribution in [0.5, 0.6) is 0 Å². The molecule has 142 valence electrons. The van der Waals surface area contributed by atoms with Gasteiger partial charge in [0.15, 0.2) is 0 Å². The summed E-state index contributed by atoms with van der Waals surface area (Å²) in [5, 5.41) is 2.97. The molecular formula is C18H32N4O3. The fraction of sp³-hybridized carbons (Fsp3) is 0.833. The van der Waals surface area contributed by atoms with Crippen molar-refractivity contribution in [1.82, 2.24) is 15.1 Å². The maximum absolute atomic E-state index is 12.3. The Bertz CT molecular complexity index is 507. The number of piperidine rings is 1. The van der Waals surface area contributed by atoms with E-state index in [1.54, 1.807) is 4.90 Å². The van der Waals surface area contributed by atoms with Gasteiger partial charge in [-0.1, -0.05) is 0 Å². The number of carbonyl (C=O) groups is 3. The van der Waals surface area contributed by atoms with Crippen molar-refractivity contribution >= 4 is 17.7 Å². The first kappa shape index (κ1) is 19.7. The summed E-state index contributed by atoms with van der Waals surface area (Å²) in [7, 11) is 0. The second-order valence-corrected chi connectivity index (χ2v) is 8.24. The third-order valence-corrected chi connectivity index (χ3v) is 5.25. The van der Waals surface area contributed by atoms with Crippen molar-refractivity contribution in [1.29, 1.82) is 0 Å². The standard InChI is InChI=1S/C18H32N4O3/c1-18(2,3)22-12-14(11-15(22)23)17(25)20-7-4-8-21-9-5-13(6-10-21)16(19)24/h13-14H,4-12H2,1-3H3,(H2,19,24)(H,20,25)/t14-/m0/s1. The van der Waals surface area contributed by atoms with E-state index in [9.17, 15) is 14.4 Å². The Kier molecular flexibility index (Phi) is 6.43. The molecule has 2 aliphatic heterocycles. The van der Waals surface area contributed by atoms with Crippen LogP contribution in [-0.2, 0) is 14.4 Å². The lowest BCUT2D eigenvalue weighted by atomic mass is 9.96. The number of primary amides is 1. The zero-order valence-electron chi connectivity index (χ0n) is 15.7. The van der Waals surface area contributed by atoms with E-state index >= 15 is 0 Å². The van der Waals surface area contributed by atoms with Crippen molar-refractivity contribution in [3.8, 4) is 0 Å². The van der Waals surface area contributed by atoms with E-state index in [1.807, 2.05) is 20.8 Å². The van der Waals surface area contributed by atoms with Gasteiger partial charge in [0.25, 0.3) is 0 Å². The number of hydrogen-bond donors (Lipinski definition) is 2. The number of nitrogens with zero attached hydrogens (tertiary/aromatic N) is 2. The van der Waals surface area contributed by atoms with Crippen molar-refractivity contribution < 1.29 is 14.4 Å². The molecule has 1 atom stereocenters. The zero-order chi connectivity index (χ0) is 18.6. The highest BCUT2D eigenvalue weighted by molar-refractivity contribution is 5.89. The van der Waals surface area contributed by atoms with Crippen LogP contribution in [0, 0.1) is 11.8 Å². The fourth-order valence-electron chi connectivity index (χ4n) is 3.63. The fourth-order valence-corrected chi connectivity index (χ4v) is 3.63. The Labute approximate surface area is 150 Å². The molecule has 7 heteroatoms. The van der Waals surface area contributed by atoms with Crippen LogP contribution in [0.2, 0.25) is 0 Å². The molecule has 0 unspecified atom stereocenters. The predicted octanol–water partition coefficient (Wildman–Crippen LogP) is 0.337. The lowest BCUT2D eigenvalue weighted by Crippen LogP contribution is -2.43. The van der Waals surface area contributed by atoms with Gasteiger partial charge in [0, 0.05) is 31.0 Å². The Balaban J connectivity index is 1.63. The summed E-state index contributed by atoms with van der Waals surface area (Å²) in [5.74, 6) is -0.375. The average Bonchev–Trinajstić information content (AvgIpc) is 2.94. The van der Waals surface area contributed by atoms with E-state index in [-0.39, 0.29) is 35.1 Å². The smallest absolute Gasteiger partial charge is 0.225 e. The third-order valence-electron chi connectivity index (χ3n) is 5.25. The predicted molar refractivity (Wildman–Crippen MR) is 95.6 cm³/mol. The van der Waals surface area contributed by atoms with E-state index in [0.29, 0.717) is 19.5 Å². The largest absolute Gasteiger partial charge is 0.369 e. The molecule has 2 saturated heterocycles.